The largest absolute Gasteiger partial charge is 0.497 e. The molecule has 1 rings (SSSR count). The lowest BCUT2D eigenvalue weighted by Gasteiger charge is -2.07. The van der Waals surface area contributed by atoms with Gasteiger partial charge in [0.2, 0.25) is 0 Å². The molecule has 20 heavy (non-hydrogen) atoms. The van der Waals surface area contributed by atoms with Crippen molar-refractivity contribution in [3.05, 3.63) is 24.3 Å². The molecule has 0 saturated heterocycles. The molecule has 0 bridgehead atoms. The third-order valence-corrected chi connectivity index (χ3v) is 2.62. The van der Waals surface area contributed by atoms with E-state index >= 15 is 0 Å². The number of carbonyl (C=O) groups is 1. The highest BCUT2D eigenvalue weighted by Crippen LogP contribution is 2.14. The molecule has 1 aromatic rings. The summed E-state index contributed by atoms with van der Waals surface area (Å²) in [5, 5.41) is 7.08. The normalized spacial score (nSPS) is 11.3. The molecule has 0 aromatic heterocycles. The molecule has 2 N–H and O–H groups in total. The predicted molar refractivity (Wildman–Crippen MR) is 82.2 cm³/mol. The highest BCUT2D eigenvalue weighted by Gasteiger charge is 2.02. The van der Waals surface area contributed by atoms with Crippen LogP contribution in [0.5, 0.6) is 5.75 Å². The number of hydrazone groups is 1. The summed E-state index contributed by atoms with van der Waals surface area (Å²) in [6, 6.07) is 7.40. The Kier molecular flexibility index (Phi) is 6.56. The van der Waals surface area contributed by atoms with Gasteiger partial charge in [0.05, 0.1) is 13.7 Å². The molecule has 5 nitrogen and oxygen atoms in total. The minimum absolute atomic E-state index is 0.163. The fourth-order valence-corrected chi connectivity index (χ4v) is 1.72. The highest BCUT2D eigenvalue weighted by atomic mass is 16.5. The molecule has 5 heteroatoms. The molecular formula is C15H23N3O2. The number of benzene rings is 1. The lowest BCUT2D eigenvalue weighted by atomic mass is 10.1. The molecule has 0 fully saturated rings. The third-order valence-electron chi connectivity index (χ3n) is 2.62. The Labute approximate surface area is 120 Å². The quantitative estimate of drug-likeness (QED) is 0.595. The summed E-state index contributed by atoms with van der Waals surface area (Å²) in [5.74, 6) is 1.16. The van der Waals surface area contributed by atoms with Gasteiger partial charge in [0.15, 0.2) is 0 Å². The van der Waals surface area contributed by atoms with Gasteiger partial charge in [-0.25, -0.2) is 5.43 Å². The summed E-state index contributed by atoms with van der Waals surface area (Å²) in [4.78, 5) is 11.6. The van der Waals surface area contributed by atoms with Crippen molar-refractivity contribution in [2.24, 2.45) is 11.0 Å². The monoisotopic (exact) mass is 277 g/mol. The van der Waals surface area contributed by atoms with Gasteiger partial charge in [0.25, 0.3) is 5.91 Å². The number of anilines is 1. The molecule has 0 aliphatic heterocycles. The number of amides is 1. The molecule has 0 aliphatic carbocycles. The number of nitrogens with zero attached hydrogens (tertiary/aromatic N) is 1. The number of ether oxygens (including phenoxy) is 1. The SMILES string of the molecule is COc1ccc(NCC(=O)NN=C(C)CC(C)C)cc1. The number of nitrogens with one attached hydrogen (secondary N) is 2. The maximum Gasteiger partial charge on any atom is 0.259 e. The Bertz CT molecular complexity index is 453. The van der Waals surface area contributed by atoms with E-state index in [0.717, 1.165) is 23.6 Å². The van der Waals surface area contributed by atoms with Crippen LogP contribution in [0.2, 0.25) is 0 Å². The van der Waals surface area contributed by atoms with Crippen molar-refractivity contribution >= 4 is 17.3 Å². The van der Waals surface area contributed by atoms with Crippen LogP contribution in [-0.4, -0.2) is 25.3 Å². The Morgan fingerprint density at radius 1 is 1.30 bits per heavy atom. The number of hydrogen-bond donors (Lipinski definition) is 2. The zero-order valence-corrected chi connectivity index (χ0v) is 12.6. The number of rotatable bonds is 7. The Morgan fingerprint density at radius 3 is 2.50 bits per heavy atom. The molecule has 1 amide bonds. The van der Waals surface area contributed by atoms with Crippen molar-refractivity contribution in [1.82, 2.24) is 5.43 Å². The topological polar surface area (TPSA) is 62.7 Å². The van der Waals surface area contributed by atoms with Crippen LogP contribution in [-0.2, 0) is 4.79 Å². The third kappa shape index (κ3) is 6.22. The molecule has 0 atom stereocenters. The Hall–Kier alpha value is -2.04. The van der Waals surface area contributed by atoms with Gasteiger partial charge in [-0.2, -0.15) is 5.10 Å². The van der Waals surface area contributed by atoms with E-state index in [-0.39, 0.29) is 12.5 Å². The van der Waals surface area contributed by atoms with Gasteiger partial charge in [-0.3, -0.25) is 4.79 Å². The zero-order valence-electron chi connectivity index (χ0n) is 12.6. The Morgan fingerprint density at radius 2 is 1.95 bits per heavy atom. The van der Waals surface area contributed by atoms with Crippen LogP contribution in [0, 0.1) is 5.92 Å². The number of methoxy groups -OCH3 is 1. The van der Waals surface area contributed by atoms with Gasteiger partial charge in [-0.05, 0) is 43.5 Å². The van der Waals surface area contributed by atoms with Crippen LogP contribution in [0.15, 0.2) is 29.4 Å². The molecule has 0 heterocycles. The zero-order chi connectivity index (χ0) is 15.0. The van der Waals surface area contributed by atoms with Crippen molar-refractivity contribution in [2.75, 3.05) is 19.0 Å². The molecule has 0 spiro atoms. The Balaban J connectivity index is 2.35. The van der Waals surface area contributed by atoms with Crippen LogP contribution >= 0.6 is 0 Å². The van der Waals surface area contributed by atoms with Gasteiger partial charge >= 0.3 is 0 Å². The van der Waals surface area contributed by atoms with Crippen LogP contribution in [0.1, 0.15) is 27.2 Å². The lowest BCUT2D eigenvalue weighted by Crippen LogP contribution is -2.26. The number of hydrogen-bond acceptors (Lipinski definition) is 4. The first kappa shape index (κ1) is 16.0. The van der Waals surface area contributed by atoms with E-state index in [1.165, 1.54) is 0 Å². The minimum Gasteiger partial charge on any atom is -0.497 e. The van der Waals surface area contributed by atoms with Crippen molar-refractivity contribution in [1.29, 1.82) is 0 Å². The van der Waals surface area contributed by atoms with E-state index in [1.807, 2.05) is 31.2 Å². The van der Waals surface area contributed by atoms with Gasteiger partial charge in [0, 0.05) is 11.4 Å². The van der Waals surface area contributed by atoms with Gasteiger partial charge in [-0.1, -0.05) is 13.8 Å². The van der Waals surface area contributed by atoms with E-state index in [1.54, 1.807) is 7.11 Å². The predicted octanol–water partition coefficient (Wildman–Crippen LogP) is 2.65. The summed E-state index contributed by atoms with van der Waals surface area (Å²) >= 11 is 0. The molecule has 0 radical (unpaired) electrons. The summed E-state index contributed by atoms with van der Waals surface area (Å²) in [7, 11) is 1.62. The second kappa shape index (κ2) is 8.19. The fourth-order valence-electron chi connectivity index (χ4n) is 1.72. The standard InChI is InChI=1S/C15H23N3O2/c1-11(2)9-12(3)17-18-15(19)10-16-13-5-7-14(20-4)8-6-13/h5-8,11,16H,9-10H2,1-4H3,(H,18,19). The van der Waals surface area contributed by atoms with Gasteiger partial charge < -0.3 is 10.1 Å². The van der Waals surface area contributed by atoms with Crippen molar-refractivity contribution in [2.45, 2.75) is 27.2 Å². The van der Waals surface area contributed by atoms with Crippen molar-refractivity contribution in [3.63, 3.8) is 0 Å². The van der Waals surface area contributed by atoms with E-state index in [2.05, 4.69) is 29.7 Å². The molecule has 0 unspecified atom stereocenters. The van der Waals surface area contributed by atoms with Gasteiger partial charge in [0.1, 0.15) is 5.75 Å². The maximum absolute atomic E-state index is 11.6. The minimum atomic E-state index is -0.163. The maximum atomic E-state index is 11.6. The molecule has 0 saturated carbocycles. The average Bonchev–Trinajstić information content (AvgIpc) is 2.42. The molecular weight excluding hydrogens is 254 g/mol. The van der Waals surface area contributed by atoms with E-state index in [9.17, 15) is 4.79 Å². The second-order valence-electron chi connectivity index (χ2n) is 5.06. The summed E-state index contributed by atoms with van der Waals surface area (Å²) in [5.41, 5.74) is 4.34. The van der Waals surface area contributed by atoms with Crippen molar-refractivity contribution < 1.29 is 9.53 Å². The second-order valence-corrected chi connectivity index (χ2v) is 5.06. The van der Waals surface area contributed by atoms with Crippen molar-refractivity contribution in [3.8, 4) is 5.75 Å². The molecule has 110 valence electrons. The van der Waals surface area contributed by atoms with Gasteiger partial charge in [-0.15, -0.1) is 0 Å². The fraction of sp³-hybridized carbons (Fsp3) is 0.467. The average molecular weight is 277 g/mol. The lowest BCUT2D eigenvalue weighted by molar-refractivity contribution is -0.119. The number of carbonyl (C=O) groups excluding carboxylic acids is 1. The van der Waals surface area contributed by atoms with Crippen LogP contribution in [0.4, 0.5) is 5.69 Å². The smallest absolute Gasteiger partial charge is 0.259 e. The summed E-state index contributed by atoms with van der Waals surface area (Å²) < 4.78 is 5.07. The summed E-state index contributed by atoms with van der Waals surface area (Å²) in [6.45, 7) is 6.33. The molecule has 0 aliphatic rings. The highest BCUT2D eigenvalue weighted by molar-refractivity contribution is 5.85. The first-order chi connectivity index (χ1) is 9.51. The first-order valence-electron chi connectivity index (χ1n) is 6.71. The van der Waals surface area contributed by atoms with Crippen LogP contribution < -0.4 is 15.5 Å². The van der Waals surface area contributed by atoms with Crippen LogP contribution in [0.3, 0.4) is 0 Å². The summed E-state index contributed by atoms with van der Waals surface area (Å²) in [6.07, 6.45) is 0.881. The van der Waals surface area contributed by atoms with E-state index < -0.39 is 0 Å². The van der Waals surface area contributed by atoms with Crippen LogP contribution in [0.25, 0.3) is 0 Å². The molecule has 1 aromatic carbocycles. The van der Waals surface area contributed by atoms with E-state index in [4.69, 9.17) is 4.74 Å². The van der Waals surface area contributed by atoms with E-state index in [0.29, 0.717) is 5.92 Å². The first-order valence-corrected chi connectivity index (χ1v) is 6.71.